The van der Waals surface area contributed by atoms with Crippen molar-refractivity contribution >= 4 is 5.91 Å². The zero-order chi connectivity index (χ0) is 17.6. The van der Waals surface area contributed by atoms with Crippen LogP contribution in [0.2, 0.25) is 0 Å². The van der Waals surface area contributed by atoms with E-state index in [-0.39, 0.29) is 11.7 Å². The number of rotatable bonds is 6. The average Bonchev–Trinajstić information content (AvgIpc) is 3.10. The molecule has 0 radical (unpaired) electrons. The van der Waals surface area contributed by atoms with Crippen LogP contribution in [0, 0.1) is 5.92 Å². The third kappa shape index (κ3) is 4.60. The van der Waals surface area contributed by atoms with Crippen LogP contribution in [0.5, 0.6) is 5.75 Å². The van der Waals surface area contributed by atoms with Crippen molar-refractivity contribution in [1.82, 2.24) is 14.7 Å². The maximum atomic E-state index is 12.7. The maximum absolute atomic E-state index is 12.7. The predicted octanol–water partition coefficient (Wildman–Crippen LogP) is 2.03. The number of carbonyl (C=O) groups is 1. The molecule has 1 atom stereocenters. The summed E-state index contributed by atoms with van der Waals surface area (Å²) in [5.74, 6) is 0.748. The molecule has 0 aliphatic carbocycles. The van der Waals surface area contributed by atoms with Gasteiger partial charge in [-0.25, -0.2) is 0 Å². The molecule has 1 amide bonds. The number of nitrogens with zero attached hydrogens (tertiary/aromatic N) is 3. The lowest BCUT2D eigenvalue weighted by atomic mass is 9.91. The number of phenols is 1. The third-order valence-electron chi connectivity index (χ3n) is 4.72. The highest BCUT2D eigenvalue weighted by atomic mass is 16.3. The van der Waals surface area contributed by atoms with E-state index in [9.17, 15) is 9.90 Å². The fraction of sp³-hybridized carbons (Fsp3) is 0.474. The number of carbonyl (C=O) groups excluding carboxylic acids is 1. The number of aromatic hydroxyl groups is 1. The summed E-state index contributed by atoms with van der Waals surface area (Å²) in [6.07, 6.45) is 5.77. The summed E-state index contributed by atoms with van der Waals surface area (Å²) in [6.45, 7) is 2.91. The van der Waals surface area contributed by atoms with Crippen molar-refractivity contribution < 1.29 is 9.90 Å². The second kappa shape index (κ2) is 8.16. The SMILES string of the molecule is NCCCn1ccc(C(=O)N2CCCC(Cc3ccc(O)cc3)C2)n1. The topological polar surface area (TPSA) is 84.4 Å². The Labute approximate surface area is 148 Å². The molecule has 0 spiro atoms. The van der Waals surface area contributed by atoms with E-state index in [1.165, 1.54) is 5.56 Å². The average molecular weight is 342 g/mol. The van der Waals surface area contributed by atoms with Crippen molar-refractivity contribution in [3.8, 4) is 5.75 Å². The number of piperidine rings is 1. The second-order valence-electron chi connectivity index (χ2n) is 6.74. The van der Waals surface area contributed by atoms with Crippen LogP contribution >= 0.6 is 0 Å². The Balaban J connectivity index is 1.59. The van der Waals surface area contributed by atoms with Gasteiger partial charge in [0.25, 0.3) is 5.91 Å². The van der Waals surface area contributed by atoms with E-state index in [1.54, 1.807) is 22.9 Å². The summed E-state index contributed by atoms with van der Waals surface area (Å²) in [7, 11) is 0. The number of phenolic OH excluding ortho intramolecular Hbond substituents is 1. The minimum atomic E-state index is 0.0157. The van der Waals surface area contributed by atoms with Gasteiger partial charge in [0.1, 0.15) is 11.4 Å². The van der Waals surface area contributed by atoms with Crippen LogP contribution in [0.4, 0.5) is 0 Å². The summed E-state index contributed by atoms with van der Waals surface area (Å²) >= 11 is 0. The first kappa shape index (κ1) is 17.5. The van der Waals surface area contributed by atoms with Crippen molar-refractivity contribution in [1.29, 1.82) is 0 Å². The molecular weight excluding hydrogens is 316 g/mol. The molecule has 1 fully saturated rings. The molecule has 1 aliphatic heterocycles. The number of hydrogen-bond acceptors (Lipinski definition) is 4. The molecule has 1 unspecified atom stereocenters. The van der Waals surface area contributed by atoms with Gasteiger partial charge in [0.05, 0.1) is 0 Å². The number of aryl methyl sites for hydroxylation is 1. The Hall–Kier alpha value is -2.34. The molecule has 3 N–H and O–H groups in total. The summed E-state index contributed by atoms with van der Waals surface area (Å²) in [5, 5.41) is 13.8. The molecule has 2 aromatic rings. The first-order valence-electron chi connectivity index (χ1n) is 8.96. The van der Waals surface area contributed by atoms with Gasteiger partial charge in [0, 0.05) is 25.8 Å². The standard InChI is InChI=1S/C19H26N4O2/c20-9-2-11-23-12-8-18(21-23)19(25)22-10-1-3-16(14-22)13-15-4-6-17(24)7-5-15/h4-8,12,16,24H,1-3,9-11,13-14,20H2. The van der Waals surface area contributed by atoms with Crippen LogP contribution in [-0.4, -0.2) is 45.3 Å². The van der Waals surface area contributed by atoms with Gasteiger partial charge in [-0.1, -0.05) is 12.1 Å². The first-order valence-corrected chi connectivity index (χ1v) is 8.96. The van der Waals surface area contributed by atoms with Crippen molar-refractivity contribution in [2.75, 3.05) is 19.6 Å². The number of nitrogens with two attached hydrogens (primary N) is 1. The van der Waals surface area contributed by atoms with Crippen molar-refractivity contribution in [2.24, 2.45) is 11.7 Å². The predicted molar refractivity (Wildman–Crippen MR) is 96.3 cm³/mol. The summed E-state index contributed by atoms with van der Waals surface area (Å²) in [4.78, 5) is 14.6. The number of aromatic nitrogens is 2. The highest BCUT2D eigenvalue weighted by molar-refractivity contribution is 5.92. The Morgan fingerprint density at radius 1 is 1.28 bits per heavy atom. The number of likely N-dealkylation sites (tertiary alicyclic amines) is 1. The van der Waals surface area contributed by atoms with Gasteiger partial charge in [-0.15, -0.1) is 0 Å². The largest absolute Gasteiger partial charge is 0.508 e. The number of benzene rings is 1. The lowest BCUT2D eigenvalue weighted by Gasteiger charge is -2.32. The molecule has 0 saturated carbocycles. The van der Waals surface area contributed by atoms with Gasteiger partial charge in [0.15, 0.2) is 0 Å². The van der Waals surface area contributed by atoms with Crippen LogP contribution in [0.1, 0.15) is 35.3 Å². The van der Waals surface area contributed by atoms with E-state index in [0.29, 0.717) is 18.2 Å². The van der Waals surface area contributed by atoms with Gasteiger partial charge in [-0.2, -0.15) is 5.10 Å². The van der Waals surface area contributed by atoms with Crippen LogP contribution in [0.3, 0.4) is 0 Å². The van der Waals surface area contributed by atoms with Gasteiger partial charge < -0.3 is 15.7 Å². The molecule has 25 heavy (non-hydrogen) atoms. The minimum absolute atomic E-state index is 0.0157. The zero-order valence-corrected chi connectivity index (χ0v) is 14.5. The van der Waals surface area contributed by atoms with Crippen LogP contribution in [0.15, 0.2) is 36.5 Å². The lowest BCUT2D eigenvalue weighted by Crippen LogP contribution is -2.40. The van der Waals surface area contributed by atoms with E-state index in [1.807, 2.05) is 23.2 Å². The van der Waals surface area contributed by atoms with E-state index in [0.717, 1.165) is 45.3 Å². The molecular formula is C19H26N4O2. The molecule has 1 saturated heterocycles. The van der Waals surface area contributed by atoms with Gasteiger partial charge in [-0.05, 0) is 61.9 Å². The Kier molecular flexibility index (Phi) is 5.71. The van der Waals surface area contributed by atoms with Crippen LogP contribution in [0.25, 0.3) is 0 Å². The van der Waals surface area contributed by atoms with Crippen molar-refractivity contribution in [2.45, 2.75) is 32.2 Å². The lowest BCUT2D eigenvalue weighted by molar-refractivity contribution is 0.0666. The summed E-state index contributed by atoms with van der Waals surface area (Å²) in [6, 6.07) is 9.14. The van der Waals surface area contributed by atoms with E-state index in [2.05, 4.69) is 5.10 Å². The Morgan fingerprint density at radius 3 is 2.84 bits per heavy atom. The van der Waals surface area contributed by atoms with Crippen molar-refractivity contribution in [3.05, 3.63) is 47.8 Å². The Bertz CT molecular complexity index is 696. The molecule has 134 valence electrons. The van der Waals surface area contributed by atoms with Gasteiger partial charge in [-0.3, -0.25) is 9.48 Å². The highest BCUT2D eigenvalue weighted by Crippen LogP contribution is 2.23. The number of amides is 1. The number of hydrogen-bond donors (Lipinski definition) is 2. The molecule has 6 heteroatoms. The monoisotopic (exact) mass is 342 g/mol. The molecule has 6 nitrogen and oxygen atoms in total. The van der Waals surface area contributed by atoms with Crippen molar-refractivity contribution in [3.63, 3.8) is 0 Å². The fourth-order valence-corrected chi connectivity index (χ4v) is 3.40. The second-order valence-corrected chi connectivity index (χ2v) is 6.74. The Morgan fingerprint density at radius 2 is 2.08 bits per heavy atom. The molecule has 1 aliphatic rings. The molecule has 2 heterocycles. The van der Waals surface area contributed by atoms with E-state index >= 15 is 0 Å². The van der Waals surface area contributed by atoms with Crippen LogP contribution in [-0.2, 0) is 13.0 Å². The summed E-state index contributed by atoms with van der Waals surface area (Å²) in [5.41, 5.74) is 7.23. The molecule has 3 rings (SSSR count). The summed E-state index contributed by atoms with van der Waals surface area (Å²) < 4.78 is 1.79. The quantitative estimate of drug-likeness (QED) is 0.841. The molecule has 1 aromatic carbocycles. The van der Waals surface area contributed by atoms with Gasteiger partial charge in [0.2, 0.25) is 0 Å². The van der Waals surface area contributed by atoms with E-state index < -0.39 is 0 Å². The van der Waals surface area contributed by atoms with E-state index in [4.69, 9.17) is 5.73 Å². The maximum Gasteiger partial charge on any atom is 0.274 e. The molecule has 0 bridgehead atoms. The third-order valence-corrected chi connectivity index (χ3v) is 4.72. The first-order chi connectivity index (χ1) is 12.2. The zero-order valence-electron chi connectivity index (χ0n) is 14.5. The molecule has 1 aromatic heterocycles. The van der Waals surface area contributed by atoms with Crippen LogP contribution < -0.4 is 5.73 Å². The fourth-order valence-electron chi connectivity index (χ4n) is 3.40. The smallest absolute Gasteiger partial charge is 0.274 e. The minimum Gasteiger partial charge on any atom is -0.508 e. The normalized spacial score (nSPS) is 17.6. The highest BCUT2D eigenvalue weighted by Gasteiger charge is 2.25. The van der Waals surface area contributed by atoms with Gasteiger partial charge >= 0.3 is 0 Å².